The molecule has 1 aliphatic rings. The zero-order valence-electron chi connectivity index (χ0n) is 8.38. The van der Waals surface area contributed by atoms with E-state index in [0.29, 0.717) is 13.0 Å². The second kappa shape index (κ2) is 3.82. The molecule has 0 fully saturated rings. The van der Waals surface area contributed by atoms with Gasteiger partial charge in [-0.2, -0.15) is 0 Å². The number of hydrogen-bond donors (Lipinski definition) is 0. The quantitative estimate of drug-likeness (QED) is 0.716. The monoisotopic (exact) mass is 190 g/mol. The second-order valence-electron chi connectivity index (χ2n) is 3.49. The molecule has 0 spiro atoms. The molecule has 74 valence electrons. The molecule has 0 bridgehead atoms. The Balaban J connectivity index is 2.44. The van der Waals surface area contributed by atoms with Crippen LogP contribution in [0.1, 0.15) is 35.7 Å². The number of ether oxygens (including phenoxy) is 1. The normalized spacial score (nSPS) is 15.1. The van der Waals surface area contributed by atoms with Crippen LogP contribution in [0.4, 0.5) is 0 Å². The number of hydrogen-bond acceptors (Lipinski definition) is 2. The SMILES string of the molecule is CCOc1cccc2c1CCCC2=O. The van der Waals surface area contributed by atoms with Crippen molar-refractivity contribution in [3.05, 3.63) is 29.3 Å². The summed E-state index contributed by atoms with van der Waals surface area (Å²) in [7, 11) is 0. The van der Waals surface area contributed by atoms with E-state index in [1.54, 1.807) is 0 Å². The summed E-state index contributed by atoms with van der Waals surface area (Å²) in [6, 6.07) is 5.74. The van der Waals surface area contributed by atoms with E-state index < -0.39 is 0 Å². The van der Waals surface area contributed by atoms with Crippen LogP contribution >= 0.6 is 0 Å². The number of benzene rings is 1. The Hall–Kier alpha value is -1.31. The smallest absolute Gasteiger partial charge is 0.163 e. The van der Waals surface area contributed by atoms with E-state index in [1.165, 1.54) is 0 Å². The molecule has 1 aliphatic carbocycles. The van der Waals surface area contributed by atoms with Crippen LogP contribution in [0.5, 0.6) is 5.75 Å². The minimum atomic E-state index is 0.257. The van der Waals surface area contributed by atoms with E-state index in [2.05, 4.69) is 0 Å². The maximum Gasteiger partial charge on any atom is 0.163 e. The lowest BCUT2D eigenvalue weighted by Crippen LogP contribution is -2.12. The average Bonchev–Trinajstić information content (AvgIpc) is 2.20. The molecule has 0 saturated heterocycles. The molecule has 1 aromatic rings. The van der Waals surface area contributed by atoms with Crippen LogP contribution in [0.3, 0.4) is 0 Å². The van der Waals surface area contributed by atoms with Crippen molar-refractivity contribution in [2.75, 3.05) is 6.61 Å². The van der Waals surface area contributed by atoms with Gasteiger partial charge in [-0.3, -0.25) is 4.79 Å². The minimum Gasteiger partial charge on any atom is -0.494 e. The van der Waals surface area contributed by atoms with Gasteiger partial charge in [0.15, 0.2) is 5.78 Å². The average molecular weight is 190 g/mol. The fraction of sp³-hybridized carbons (Fsp3) is 0.417. The van der Waals surface area contributed by atoms with Gasteiger partial charge in [0.2, 0.25) is 0 Å². The van der Waals surface area contributed by atoms with E-state index in [4.69, 9.17) is 4.74 Å². The number of fused-ring (bicyclic) bond motifs is 1. The van der Waals surface area contributed by atoms with Crippen molar-refractivity contribution in [3.63, 3.8) is 0 Å². The molecule has 0 saturated carbocycles. The van der Waals surface area contributed by atoms with Crippen molar-refractivity contribution in [1.29, 1.82) is 0 Å². The Kier molecular flexibility index (Phi) is 2.53. The molecule has 1 aromatic carbocycles. The standard InChI is InChI=1S/C12H14O2/c1-2-14-12-8-4-5-9-10(12)6-3-7-11(9)13/h4-5,8H,2-3,6-7H2,1H3. The molecule has 0 aliphatic heterocycles. The molecule has 0 heterocycles. The van der Waals surface area contributed by atoms with Crippen LogP contribution in [0, 0.1) is 0 Å². The van der Waals surface area contributed by atoms with Crippen LogP contribution in [0.2, 0.25) is 0 Å². The lowest BCUT2D eigenvalue weighted by Gasteiger charge is -2.17. The highest BCUT2D eigenvalue weighted by Crippen LogP contribution is 2.29. The molecular formula is C12H14O2. The molecule has 2 heteroatoms. The molecule has 0 N–H and O–H groups in total. The molecule has 0 unspecified atom stereocenters. The Bertz CT molecular complexity index is 355. The van der Waals surface area contributed by atoms with Crippen LogP contribution in [0.25, 0.3) is 0 Å². The molecule has 0 amide bonds. The Morgan fingerprint density at radius 1 is 1.36 bits per heavy atom. The molecule has 0 aromatic heterocycles. The fourth-order valence-electron chi connectivity index (χ4n) is 1.94. The summed E-state index contributed by atoms with van der Waals surface area (Å²) in [6.07, 6.45) is 2.61. The number of carbonyl (C=O) groups is 1. The van der Waals surface area contributed by atoms with Crippen molar-refractivity contribution in [2.45, 2.75) is 26.2 Å². The first-order valence-corrected chi connectivity index (χ1v) is 5.11. The number of Topliss-reactive ketones (excluding diaryl/α,β-unsaturated/α-hetero) is 1. The molecule has 14 heavy (non-hydrogen) atoms. The van der Waals surface area contributed by atoms with Gasteiger partial charge in [-0.1, -0.05) is 12.1 Å². The fourth-order valence-corrected chi connectivity index (χ4v) is 1.94. The van der Waals surface area contributed by atoms with Gasteiger partial charge in [0.05, 0.1) is 6.61 Å². The van der Waals surface area contributed by atoms with E-state index in [9.17, 15) is 4.79 Å². The van der Waals surface area contributed by atoms with Gasteiger partial charge < -0.3 is 4.74 Å². The summed E-state index contributed by atoms with van der Waals surface area (Å²) in [4.78, 5) is 11.6. The highest BCUT2D eigenvalue weighted by molar-refractivity contribution is 5.99. The zero-order chi connectivity index (χ0) is 9.97. The van der Waals surface area contributed by atoms with Gasteiger partial charge in [-0.05, 0) is 25.8 Å². The van der Waals surface area contributed by atoms with Crippen molar-refractivity contribution < 1.29 is 9.53 Å². The lowest BCUT2D eigenvalue weighted by atomic mass is 9.90. The van der Waals surface area contributed by atoms with Gasteiger partial charge in [0.1, 0.15) is 5.75 Å². The predicted molar refractivity (Wildman–Crippen MR) is 54.9 cm³/mol. The van der Waals surface area contributed by atoms with Gasteiger partial charge in [-0.15, -0.1) is 0 Å². The van der Waals surface area contributed by atoms with Crippen molar-refractivity contribution in [1.82, 2.24) is 0 Å². The summed E-state index contributed by atoms with van der Waals surface area (Å²) in [5, 5.41) is 0. The first kappa shape index (κ1) is 9.25. The summed E-state index contributed by atoms with van der Waals surface area (Å²) in [5.74, 6) is 1.14. The molecule has 0 atom stereocenters. The second-order valence-corrected chi connectivity index (χ2v) is 3.49. The van der Waals surface area contributed by atoms with Crippen LogP contribution in [-0.2, 0) is 6.42 Å². The van der Waals surface area contributed by atoms with Gasteiger partial charge in [0, 0.05) is 17.5 Å². The number of rotatable bonds is 2. The highest BCUT2D eigenvalue weighted by Gasteiger charge is 2.19. The first-order valence-electron chi connectivity index (χ1n) is 5.11. The highest BCUT2D eigenvalue weighted by atomic mass is 16.5. The summed E-state index contributed by atoms with van der Waals surface area (Å²) in [6.45, 7) is 2.62. The van der Waals surface area contributed by atoms with Crippen molar-refractivity contribution >= 4 is 5.78 Å². The molecule has 2 rings (SSSR count). The van der Waals surface area contributed by atoms with Gasteiger partial charge >= 0.3 is 0 Å². The third kappa shape index (κ3) is 1.52. The number of ketones is 1. The third-order valence-electron chi connectivity index (χ3n) is 2.56. The minimum absolute atomic E-state index is 0.257. The lowest BCUT2D eigenvalue weighted by molar-refractivity contribution is 0.0971. The van der Waals surface area contributed by atoms with Crippen molar-refractivity contribution in [2.24, 2.45) is 0 Å². The topological polar surface area (TPSA) is 26.3 Å². The number of carbonyl (C=O) groups excluding carboxylic acids is 1. The van der Waals surface area contributed by atoms with E-state index >= 15 is 0 Å². The van der Waals surface area contributed by atoms with Gasteiger partial charge in [0.25, 0.3) is 0 Å². The van der Waals surface area contributed by atoms with Crippen LogP contribution in [-0.4, -0.2) is 12.4 Å². The van der Waals surface area contributed by atoms with Crippen LogP contribution < -0.4 is 4.74 Å². The Morgan fingerprint density at radius 3 is 3.00 bits per heavy atom. The maximum atomic E-state index is 11.6. The van der Waals surface area contributed by atoms with E-state index in [-0.39, 0.29) is 5.78 Å². The predicted octanol–water partition coefficient (Wildman–Crippen LogP) is 2.60. The van der Waals surface area contributed by atoms with Gasteiger partial charge in [-0.25, -0.2) is 0 Å². The summed E-state index contributed by atoms with van der Waals surface area (Å²) >= 11 is 0. The van der Waals surface area contributed by atoms with E-state index in [1.807, 2.05) is 25.1 Å². The largest absolute Gasteiger partial charge is 0.494 e. The van der Waals surface area contributed by atoms with E-state index in [0.717, 1.165) is 29.7 Å². The Labute approximate surface area is 83.9 Å². The first-order chi connectivity index (χ1) is 6.83. The Morgan fingerprint density at radius 2 is 2.21 bits per heavy atom. The molecule has 2 nitrogen and oxygen atoms in total. The molecule has 0 radical (unpaired) electrons. The summed E-state index contributed by atoms with van der Waals surface area (Å²) in [5.41, 5.74) is 1.97. The third-order valence-corrected chi connectivity index (χ3v) is 2.56. The summed E-state index contributed by atoms with van der Waals surface area (Å²) < 4.78 is 5.50. The zero-order valence-corrected chi connectivity index (χ0v) is 8.38. The molecular weight excluding hydrogens is 176 g/mol. The van der Waals surface area contributed by atoms with Crippen LogP contribution in [0.15, 0.2) is 18.2 Å². The maximum absolute atomic E-state index is 11.6. The van der Waals surface area contributed by atoms with Crippen molar-refractivity contribution in [3.8, 4) is 5.75 Å².